The molecule has 1 aromatic heterocycles. The molecule has 1 saturated heterocycles. The molecule has 2 heterocycles. The fourth-order valence-corrected chi connectivity index (χ4v) is 2.58. The Hall–Kier alpha value is -2.09. The van der Waals surface area contributed by atoms with Crippen LogP contribution in [0.25, 0.3) is 0 Å². The van der Waals surface area contributed by atoms with Crippen molar-refractivity contribution in [1.82, 2.24) is 15.2 Å². The van der Waals surface area contributed by atoms with Crippen LogP contribution in [0.15, 0.2) is 10.6 Å². The molecule has 8 heteroatoms. The topological polar surface area (TPSA) is 105 Å². The third kappa shape index (κ3) is 4.31. The van der Waals surface area contributed by atoms with Gasteiger partial charge in [-0.25, -0.2) is 14.8 Å². The molecule has 140 valence electrons. The Morgan fingerprint density at radius 3 is 2.56 bits per heavy atom. The number of rotatable bonds is 4. The van der Waals surface area contributed by atoms with E-state index in [1.54, 1.807) is 6.07 Å². The van der Waals surface area contributed by atoms with Crippen LogP contribution in [0.4, 0.5) is 10.6 Å². The van der Waals surface area contributed by atoms with Crippen LogP contribution in [-0.4, -0.2) is 46.2 Å². The largest absolute Gasteiger partial charge is 0.359 e. The smallest absolute Gasteiger partial charge is 0.341 e. The lowest BCUT2D eigenvalue weighted by Gasteiger charge is -2.31. The monoisotopic (exact) mass is 351 g/mol. The van der Waals surface area contributed by atoms with Gasteiger partial charge in [0, 0.05) is 24.6 Å². The van der Waals surface area contributed by atoms with E-state index in [1.165, 1.54) is 10.0 Å². The minimum absolute atomic E-state index is 0.0582. The predicted molar refractivity (Wildman–Crippen MR) is 94.7 cm³/mol. The zero-order valence-corrected chi connectivity index (χ0v) is 15.7. The van der Waals surface area contributed by atoms with Crippen molar-refractivity contribution in [2.75, 3.05) is 18.4 Å². The highest BCUT2D eigenvalue weighted by Gasteiger charge is 2.35. The third-order valence-corrected chi connectivity index (χ3v) is 4.55. The highest BCUT2D eigenvalue weighted by molar-refractivity contribution is 5.91. The van der Waals surface area contributed by atoms with Gasteiger partial charge in [0.15, 0.2) is 5.82 Å². The minimum Gasteiger partial charge on any atom is -0.359 e. The van der Waals surface area contributed by atoms with Gasteiger partial charge < -0.3 is 10.3 Å². The fraction of sp³-hybridized carbons (Fsp3) is 0.706. The second-order valence-electron chi connectivity index (χ2n) is 7.61. The first-order valence-electron chi connectivity index (χ1n) is 8.77. The molecule has 1 fully saturated rings. The maximum Gasteiger partial charge on any atom is 0.341 e. The van der Waals surface area contributed by atoms with Crippen molar-refractivity contribution in [3.63, 3.8) is 0 Å². The first kappa shape index (κ1) is 19.2. The van der Waals surface area contributed by atoms with Crippen LogP contribution in [0.1, 0.15) is 53.2 Å². The number of carbonyl (C=O) groups excluding carboxylic acids is 2. The lowest BCUT2D eigenvalue weighted by Crippen LogP contribution is -2.53. The molecule has 2 rings (SSSR count). The van der Waals surface area contributed by atoms with Gasteiger partial charge >= 0.3 is 6.03 Å². The average molecular weight is 351 g/mol. The van der Waals surface area contributed by atoms with Crippen LogP contribution in [0.3, 0.4) is 0 Å². The quantitative estimate of drug-likeness (QED) is 0.866. The Morgan fingerprint density at radius 1 is 1.36 bits per heavy atom. The van der Waals surface area contributed by atoms with Crippen LogP contribution in [-0.2, 0) is 10.2 Å². The van der Waals surface area contributed by atoms with Gasteiger partial charge in [-0.2, -0.15) is 0 Å². The van der Waals surface area contributed by atoms with Gasteiger partial charge in [-0.3, -0.25) is 10.1 Å². The second kappa shape index (κ2) is 7.43. The number of amides is 3. The van der Waals surface area contributed by atoms with Crippen LogP contribution < -0.4 is 11.1 Å². The molecule has 0 aliphatic carbocycles. The summed E-state index contributed by atoms with van der Waals surface area (Å²) in [7, 11) is 0. The van der Waals surface area contributed by atoms with E-state index in [0.717, 1.165) is 12.8 Å². The molecule has 1 aromatic rings. The number of hydrazine groups is 1. The van der Waals surface area contributed by atoms with E-state index in [-0.39, 0.29) is 17.2 Å². The molecule has 3 amide bonds. The average Bonchev–Trinajstić information content (AvgIpc) is 3.21. The maximum atomic E-state index is 12.6. The van der Waals surface area contributed by atoms with Crippen LogP contribution in [0.2, 0.25) is 0 Å². The molecule has 3 N–H and O–H groups in total. The van der Waals surface area contributed by atoms with E-state index in [4.69, 9.17) is 10.3 Å². The van der Waals surface area contributed by atoms with Gasteiger partial charge in [0.25, 0.3) is 5.91 Å². The van der Waals surface area contributed by atoms with Crippen LogP contribution in [0.5, 0.6) is 0 Å². The van der Waals surface area contributed by atoms with E-state index in [1.807, 2.05) is 34.6 Å². The molecule has 1 aliphatic rings. The lowest BCUT2D eigenvalue weighted by atomic mass is 9.93. The summed E-state index contributed by atoms with van der Waals surface area (Å²) < 4.78 is 5.27. The molecule has 0 spiro atoms. The van der Waals surface area contributed by atoms with Crippen molar-refractivity contribution in [3.8, 4) is 0 Å². The summed E-state index contributed by atoms with van der Waals surface area (Å²) in [6.45, 7) is 10.9. The summed E-state index contributed by atoms with van der Waals surface area (Å²) in [5.41, 5.74) is 5.84. The molecule has 0 radical (unpaired) electrons. The van der Waals surface area contributed by atoms with Crippen molar-refractivity contribution < 1.29 is 14.1 Å². The zero-order valence-electron chi connectivity index (χ0n) is 15.7. The molecular weight excluding hydrogens is 322 g/mol. The van der Waals surface area contributed by atoms with Gasteiger partial charge in [-0.05, 0) is 12.3 Å². The van der Waals surface area contributed by atoms with Crippen molar-refractivity contribution in [2.24, 2.45) is 11.7 Å². The molecule has 1 aliphatic heterocycles. The number of nitrogens with zero attached hydrogens (tertiary/aromatic N) is 3. The van der Waals surface area contributed by atoms with Crippen molar-refractivity contribution in [3.05, 3.63) is 11.8 Å². The van der Waals surface area contributed by atoms with Gasteiger partial charge in [0.2, 0.25) is 0 Å². The molecule has 25 heavy (non-hydrogen) atoms. The minimum atomic E-state index is -0.613. The van der Waals surface area contributed by atoms with E-state index in [9.17, 15) is 9.59 Å². The summed E-state index contributed by atoms with van der Waals surface area (Å²) in [5.74, 6) is 0.844. The number of hydrogen-bond acceptors (Lipinski definition) is 5. The zero-order chi connectivity index (χ0) is 18.8. The molecular formula is C17H29N5O3. The number of urea groups is 1. The Kier molecular flexibility index (Phi) is 5.72. The molecule has 8 nitrogen and oxygen atoms in total. The summed E-state index contributed by atoms with van der Waals surface area (Å²) in [4.78, 5) is 25.1. The van der Waals surface area contributed by atoms with E-state index < -0.39 is 12.1 Å². The Morgan fingerprint density at radius 2 is 2.00 bits per heavy atom. The number of anilines is 1. The Labute approximate surface area is 148 Å². The van der Waals surface area contributed by atoms with Gasteiger partial charge in [0.1, 0.15) is 5.76 Å². The number of nitrogens with one attached hydrogen (secondary N) is 1. The summed E-state index contributed by atoms with van der Waals surface area (Å²) >= 11 is 0. The van der Waals surface area contributed by atoms with Gasteiger partial charge in [-0.1, -0.05) is 46.2 Å². The Balaban J connectivity index is 2.05. The van der Waals surface area contributed by atoms with Gasteiger partial charge in [0.05, 0.1) is 6.04 Å². The maximum absolute atomic E-state index is 12.6. The van der Waals surface area contributed by atoms with Crippen molar-refractivity contribution in [1.29, 1.82) is 0 Å². The lowest BCUT2D eigenvalue weighted by molar-refractivity contribution is -0.142. The van der Waals surface area contributed by atoms with Crippen LogP contribution >= 0.6 is 0 Å². The van der Waals surface area contributed by atoms with E-state index in [0.29, 0.717) is 24.7 Å². The highest BCUT2D eigenvalue weighted by atomic mass is 16.5. The number of hydrogen-bond donors (Lipinski definition) is 2. The van der Waals surface area contributed by atoms with Crippen LogP contribution in [0, 0.1) is 5.92 Å². The molecule has 0 aromatic carbocycles. The first-order valence-corrected chi connectivity index (χ1v) is 8.77. The summed E-state index contributed by atoms with van der Waals surface area (Å²) in [5, 5.41) is 9.41. The SMILES string of the molecule is CCC(C)C(N)C(=O)N1CCCN1C(=O)Nc1cc(C(C)(C)C)on1. The molecule has 2 unspecified atom stereocenters. The second-order valence-corrected chi connectivity index (χ2v) is 7.61. The first-order chi connectivity index (χ1) is 11.6. The highest BCUT2D eigenvalue weighted by Crippen LogP contribution is 2.25. The fourth-order valence-electron chi connectivity index (χ4n) is 2.58. The third-order valence-electron chi connectivity index (χ3n) is 4.55. The van der Waals surface area contributed by atoms with Crippen molar-refractivity contribution >= 4 is 17.8 Å². The molecule has 0 bridgehead atoms. The van der Waals surface area contributed by atoms with Crippen molar-refractivity contribution in [2.45, 2.75) is 58.9 Å². The summed E-state index contributed by atoms with van der Waals surface area (Å²) in [6.07, 6.45) is 1.53. The summed E-state index contributed by atoms with van der Waals surface area (Å²) in [6, 6.07) is 0.680. The number of carbonyl (C=O) groups is 2. The number of nitrogens with two attached hydrogens (primary N) is 1. The molecule has 0 saturated carbocycles. The number of aromatic nitrogens is 1. The predicted octanol–water partition coefficient (Wildman–Crippen LogP) is 2.33. The molecule has 2 atom stereocenters. The normalized spacial score (nSPS) is 17.5. The standard InChI is InChI=1S/C17H29N5O3/c1-6-11(2)14(18)15(23)21-8-7-9-22(21)16(24)19-13-10-12(25-20-13)17(3,4)5/h10-11,14H,6-9,18H2,1-5H3,(H,19,20,24). The van der Waals surface area contributed by atoms with Gasteiger partial charge in [-0.15, -0.1) is 0 Å². The van der Waals surface area contributed by atoms with E-state index in [2.05, 4.69) is 10.5 Å². The van der Waals surface area contributed by atoms with E-state index >= 15 is 0 Å². The Bertz CT molecular complexity index is 622.